The number of anilines is 2. The maximum atomic E-state index is 14.7. The molecule has 8 heteroatoms. The number of carbonyl (C=O) groups excluding carboxylic acids is 2. The average molecular weight is 489 g/mol. The molecule has 0 radical (unpaired) electrons. The van der Waals surface area contributed by atoms with E-state index in [1.807, 2.05) is 14.0 Å². The van der Waals surface area contributed by atoms with Gasteiger partial charge in [0.25, 0.3) is 5.91 Å². The molecule has 0 aromatic heterocycles. The number of primary amides is 1. The average Bonchev–Trinajstić information content (AvgIpc) is 2.84. The molecule has 2 aromatic carbocycles. The van der Waals surface area contributed by atoms with Gasteiger partial charge in [-0.25, -0.2) is 4.39 Å². The largest absolute Gasteiger partial charge is 0.494 e. The van der Waals surface area contributed by atoms with E-state index in [4.69, 9.17) is 4.74 Å². The van der Waals surface area contributed by atoms with E-state index in [-0.39, 0.29) is 17.6 Å². The molecule has 0 heterocycles. The lowest BCUT2D eigenvalue weighted by Gasteiger charge is -2.20. The van der Waals surface area contributed by atoms with E-state index in [9.17, 15) is 14.0 Å². The standard InChI is InChI=1S/C25H36FN3O2.C2H5NO/c1-5-16-31-22-12-9-20(10-13-22)25(30)29(4)21-11-14-24(23(26)17-21)28-18-19(6-2)8-7-15-27-3;1-2(3)4/h9-14,17,19,27-28H,5-8,15-16,18H2,1-4H3;1H3,(H2,3,4). The lowest BCUT2D eigenvalue weighted by molar-refractivity contribution is -0.115. The lowest BCUT2D eigenvalue weighted by Crippen LogP contribution is -2.26. The summed E-state index contributed by atoms with van der Waals surface area (Å²) >= 11 is 0. The van der Waals surface area contributed by atoms with Gasteiger partial charge in [0.2, 0.25) is 5.91 Å². The van der Waals surface area contributed by atoms with Crippen molar-refractivity contribution >= 4 is 23.2 Å². The van der Waals surface area contributed by atoms with Crippen molar-refractivity contribution in [2.45, 2.75) is 46.5 Å². The number of halogens is 1. The lowest BCUT2D eigenvalue weighted by atomic mass is 10.00. The van der Waals surface area contributed by atoms with Crippen molar-refractivity contribution in [3.05, 3.63) is 53.8 Å². The van der Waals surface area contributed by atoms with Gasteiger partial charge in [0.15, 0.2) is 0 Å². The molecule has 35 heavy (non-hydrogen) atoms. The topological polar surface area (TPSA) is 96.7 Å². The van der Waals surface area contributed by atoms with E-state index in [1.165, 1.54) is 17.9 Å². The molecule has 0 aliphatic heterocycles. The second-order valence-electron chi connectivity index (χ2n) is 8.41. The summed E-state index contributed by atoms with van der Waals surface area (Å²) in [5.74, 6) is 0.350. The summed E-state index contributed by atoms with van der Waals surface area (Å²) in [7, 11) is 3.61. The third kappa shape index (κ3) is 11.2. The zero-order chi connectivity index (χ0) is 26.2. The summed E-state index contributed by atoms with van der Waals surface area (Å²) in [6, 6.07) is 11.9. The first-order chi connectivity index (χ1) is 16.7. The van der Waals surface area contributed by atoms with Gasteiger partial charge in [0.05, 0.1) is 12.3 Å². The van der Waals surface area contributed by atoms with Crippen LogP contribution in [0, 0.1) is 11.7 Å². The summed E-state index contributed by atoms with van der Waals surface area (Å²) in [6.07, 6.45) is 4.19. The number of carbonyl (C=O) groups is 2. The van der Waals surface area contributed by atoms with Crippen molar-refractivity contribution in [3.63, 3.8) is 0 Å². The quantitative estimate of drug-likeness (QED) is 0.351. The first kappa shape index (κ1) is 29.9. The molecule has 7 nitrogen and oxygen atoms in total. The Kier molecular flexibility index (Phi) is 14.1. The SMILES string of the molecule is CC(N)=O.CCCOc1ccc(C(=O)N(C)c2ccc(NCC(CC)CCCNC)c(F)c2)cc1. The number of nitrogens with zero attached hydrogens (tertiary/aromatic N) is 1. The van der Waals surface area contributed by atoms with Crippen LogP contribution >= 0.6 is 0 Å². The normalized spacial score (nSPS) is 11.1. The van der Waals surface area contributed by atoms with Crippen LogP contribution in [0.2, 0.25) is 0 Å². The van der Waals surface area contributed by atoms with Crippen molar-refractivity contribution in [2.24, 2.45) is 11.7 Å². The zero-order valence-corrected chi connectivity index (χ0v) is 21.7. The number of nitrogens with two attached hydrogens (primary N) is 1. The van der Waals surface area contributed by atoms with Gasteiger partial charge < -0.3 is 26.0 Å². The Morgan fingerprint density at radius 2 is 1.80 bits per heavy atom. The first-order valence-electron chi connectivity index (χ1n) is 12.2. The molecule has 4 N–H and O–H groups in total. The van der Waals surface area contributed by atoms with Crippen molar-refractivity contribution in [1.29, 1.82) is 0 Å². The second-order valence-corrected chi connectivity index (χ2v) is 8.41. The predicted molar refractivity (Wildman–Crippen MR) is 142 cm³/mol. The molecular weight excluding hydrogens is 447 g/mol. The second kappa shape index (κ2) is 16.5. The van der Waals surface area contributed by atoms with Crippen LogP contribution in [0.5, 0.6) is 5.75 Å². The molecule has 2 aromatic rings. The highest BCUT2D eigenvalue weighted by molar-refractivity contribution is 6.05. The highest BCUT2D eigenvalue weighted by Crippen LogP contribution is 2.24. The highest BCUT2D eigenvalue weighted by Gasteiger charge is 2.16. The van der Waals surface area contributed by atoms with Gasteiger partial charge in [-0.15, -0.1) is 0 Å². The molecule has 2 rings (SSSR count). The molecule has 2 amide bonds. The van der Waals surface area contributed by atoms with Gasteiger partial charge >= 0.3 is 0 Å². The molecule has 0 saturated carbocycles. The Labute approximate surface area is 209 Å². The first-order valence-corrected chi connectivity index (χ1v) is 12.2. The van der Waals surface area contributed by atoms with Crippen LogP contribution in [0.4, 0.5) is 15.8 Å². The number of amides is 2. The smallest absolute Gasteiger partial charge is 0.258 e. The predicted octanol–water partition coefficient (Wildman–Crippen LogP) is 4.82. The molecular formula is C27H41FN4O3. The van der Waals surface area contributed by atoms with E-state index < -0.39 is 0 Å². The van der Waals surface area contributed by atoms with E-state index in [1.54, 1.807) is 43.4 Å². The summed E-state index contributed by atoms with van der Waals surface area (Å²) in [5.41, 5.74) is 5.98. The van der Waals surface area contributed by atoms with Crippen molar-refractivity contribution in [3.8, 4) is 5.75 Å². The Morgan fingerprint density at radius 1 is 1.14 bits per heavy atom. The summed E-state index contributed by atoms with van der Waals surface area (Å²) in [4.78, 5) is 23.5. The third-order valence-corrected chi connectivity index (χ3v) is 5.42. The summed E-state index contributed by atoms with van der Waals surface area (Å²) in [6.45, 7) is 7.88. The molecule has 0 fully saturated rings. The van der Waals surface area contributed by atoms with E-state index in [2.05, 4.69) is 23.3 Å². The molecule has 1 unspecified atom stereocenters. The van der Waals surface area contributed by atoms with Crippen LogP contribution in [0.15, 0.2) is 42.5 Å². The fourth-order valence-electron chi connectivity index (χ4n) is 3.35. The molecule has 0 aliphatic rings. The Morgan fingerprint density at radius 3 is 2.34 bits per heavy atom. The van der Waals surface area contributed by atoms with Gasteiger partial charge in [0, 0.05) is 31.8 Å². The molecule has 0 aliphatic carbocycles. The van der Waals surface area contributed by atoms with Crippen LogP contribution in [-0.4, -0.2) is 45.6 Å². The molecule has 0 spiro atoms. The van der Waals surface area contributed by atoms with Gasteiger partial charge in [-0.05, 0) is 81.2 Å². The zero-order valence-electron chi connectivity index (χ0n) is 21.7. The molecule has 0 bridgehead atoms. The molecule has 1 atom stereocenters. The maximum absolute atomic E-state index is 14.7. The fraction of sp³-hybridized carbons (Fsp3) is 0.481. The highest BCUT2D eigenvalue weighted by atomic mass is 19.1. The van der Waals surface area contributed by atoms with E-state index in [0.29, 0.717) is 29.5 Å². The minimum Gasteiger partial charge on any atom is -0.494 e. The van der Waals surface area contributed by atoms with Gasteiger partial charge in [-0.1, -0.05) is 20.3 Å². The Balaban J connectivity index is 0.00000142. The number of benzene rings is 2. The van der Waals surface area contributed by atoms with Crippen LogP contribution in [0.3, 0.4) is 0 Å². The van der Waals surface area contributed by atoms with Crippen LogP contribution in [-0.2, 0) is 4.79 Å². The van der Waals surface area contributed by atoms with Gasteiger partial charge in [0.1, 0.15) is 11.6 Å². The maximum Gasteiger partial charge on any atom is 0.258 e. The summed E-state index contributed by atoms with van der Waals surface area (Å²) in [5, 5.41) is 6.39. The van der Waals surface area contributed by atoms with E-state index >= 15 is 0 Å². The number of hydrogen-bond donors (Lipinski definition) is 3. The summed E-state index contributed by atoms with van der Waals surface area (Å²) < 4.78 is 20.2. The Bertz CT molecular complexity index is 902. The number of ether oxygens (including phenoxy) is 1. The monoisotopic (exact) mass is 488 g/mol. The third-order valence-electron chi connectivity index (χ3n) is 5.42. The van der Waals surface area contributed by atoms with Crippen molar-refractivity contribution in [1.82, 2.24) is 5.32 Å². The van der Waals surface area contributed by atoms with Crippen molar-refractivity contribution < 1.29 is 18.7 Å². The van der Waals surface area contributed by atoms with Crippen LogP contribution < -0.4 is 26.0 Å². The minimum atomic E-state index is -0.356. The number of rotatable bonds is 13. The number of nitrogens with one attached hydrogen (secondary N) is 2. The van der Waals surface area contributed by atoms with Crippen LogP contribution in [0.25, 0.3) is 0 Å². The molecule has 194 valence electrons. The number of hydrogen-bond acceptors (Lipinski definition) is 5. The fourth-order valence-corrected chi connectivity index (χ4v) is 3.35. The van der Waals surface area contributed by atoms with Gasteiger partial charge in [-0.2, -0.15) is 0 Å². The Hall–Kier alpha value is -3.13. The molecule has 0 saturated heterocycles. The van der Waals surface area contributed by atoms with Crippen molar-refractivity contribution in [2.75, 3.05) is 44.0 Å². The van der Waals surface area contributed by atoms with Crippen LogP contribution in [0.1, 0.15) is 56.8 Å². The van der Waals surface area contributed by atoms with Gasteiger partial charge in [-0.3, -0.25) is 9.59 Å². The van der Waals surface area contributed by atoms with E-state index in [0.717, 1.165) is 44.5 Å². The minimum absolute atomic E-state index is 0.197.